The smallest absolute Gasteiger partial charge is 0.410 e. The standard InChI is InChI=1S/C19H27N3O2S/c1-19(2,3)24-18(23)22-12-8-7-9-14(22)13-21(4)17-15-10-5-6-11-16(15)25-20-17/h5-6,10-11,14H,7-9,12-13H2,1-4H3/t14-/m1/s1. The molecule has 3 rings (SSSR count). The number of likely N-dealkylation sites (N-methyl/N-ethyl adjacent to an activating group) is 1. The number of aromatic nitrogens is 1. The number of fused-ring (bicyclic) bond motifs is 1. The van der Waals surface area contributed by atoms with Crippen LogP contribution in [0.25, 0.3) is 10.1 Å². The molecule has 1 aliphatic rings. The van der Waals surface area contributed by atoms with Gasteiger partial charge in [0.1, 0.15) is 11.4 Å². The first kappa shape index (κ1) is 18.0. The maximum absolute atomic E-state index is 12.6. The molecule has 1 aliphatic heterocycles. The maximum Gasteiger partial charge on any atom is 0.410 e. The van der Waals surface area contributed by atoms with Gasteiger partial charge in [0, 0.05) is 25.5 Å². The molecule has 1 amide bonds. The minimum Gasteiger partial charge on any atom is -0.444 e. The van der Waals surface area contributed by atoms with Gasteiger partial charge in [-0.2, -0.15) is 4.37 Å². The Morgan fingerprint density at radius 2 is 2.12 bits per heavy atom. The molecule has 6 heteroatoms. The first-order valence-corrected chi connectivity index (χ1v) is 9.68. The lowest BCUT2D eigenvalue weighted by Crippen LogP contribution is -2.50. The molecule has 0 N–H and O–H groups in total. The molecule has 0 unspecified atom stereocenters. The molecule has 0 bridgehead atoms. The number of rotatable bonds is 3. The predicted molar refractivity (Wildman–Crippen MR) is 103 cm³/mol. The molecule has 1 fully saturated rings. The second kappa shape index (κ2) is 7.20. The van der Waals surface area contributed by atoms with Crippen LogP contribution in [0, 0.1) is 0 Å². The van der Waals surface area contributed by atoms with Crippen LogP contribution in [0.2, 0.25) is 0 Å². The van der Waals surface area contributed by atoms with Gasteiger partial charge in [-0.25, -0.2) is 4.79 Å². The van der Waals surface area contributed by atoms with E-state index < -0.39 is 5.60 Å². The second-order valence-electron chi connectivity index (χ2n) is 7.71. The van der Waals surface area contributed by atoms with E-state index in [0.717, 1.165) is 38.2 Å². The van der Waals surface area contributed by atoms with Gasteiger partial charge in [-0.15, -0.1) is 0 Å². The Balaban J connectivity index is 1.74. The van der Waals surface area contributed by atoms with E-state index >= 15 is 0 Å². The molecule has 136 valence electrons. The molecule has 1 aromatic carbocycles. The number of carbonyl (C=O) groups is 1. The number of likely N-dealkylation sites (tertiary alicyclic amines) is 1. The Hall–Kier alpha value is -1.82. The topological polar surface area (TPSA) is 45.7 Å². The summed E-state index contributed by atoms with van der Waals surface area (Å²) < 4.78 is 11.4. The highest BCUT2D eigenvalue weighted by Crippen LogP contribution is 2.30. The molecule has 0 spiro atoms. The van der Waals surface area contributed by atoms with Crippen molar-refractivity contribution in [3.63, 3.8) is 0 Å². The molecule has 0 radical (unpaired) electrons. The summed E-state index contributed by atoms with van der Waals surface area (Å²) in [6.45, 7) is 7.28. The van der Waals surface area contributed by atoms with Gasteiger partial charge in [-0.1, -0.05) is 12.1 Å². The van der Waals surface area contributed by atoms with Crippen molar-refractivity contribution in [3.05, 3.63) is 24.3 Å². The lowest BCUT2D eigenvalue weighted by molar-refractivity contribution is 0.0108. The van der Waals surface area contributed by atoms with E-state index in [1.165, 1.54) is 21.6 Å². The molecule has 5 nitrogen and oxygen atoms in total. The Labute approximate surface area is 153 Å². The van der Waals surface area contributed by atoms with Crippen molar-refractivity contribution in [2.75, 3.05) is 25.0 Å². The second-order valence-corrected chi connectivity index (χ2v) is 8.51. The molecule has 25 heavy (non-hydrogen) atoms. The van der Waals surface area contributed by atoms with E-state index in [9.17, 15) is 4.79 Å². The van der Waals surface area contributed by atoms with Crippen LogP contribution in [0.1, 0.15) is 40.0 Å². The van der Waals surface area contributed by atoms with E-state index in [1.807, 2.05) is 37.8 Å². The zero-order valence-electron chi connectivity index (χ0n) is 15.5. The van der Waals surface area contributed by atoms with Gasteiger partial charge in [0.2, 0.25) is 0 Å². The van der Waals surface area contributed by atoms with Crippen LogP contribution >= 0.6 is 11.5 Å². The van der Waals surface area contributed by atoms with Crippen LogP contribution in [-0.4, -0.2) is 47.1 Å². The number of amides is 1. The third-order valence-corrected chi connectivity index (χ3v) is 5.28. The predicted octanol–water partition coefficient (Wildman–Crippen LogP) is 4.52. The highest BCUT2D eigenvalue weighted by Gasteiger charge is 2.31. The average Bonchev–Trinajstić information content (AvgIpc) is 2.98. The van der Waals surface area contributed by atoms with Crippen LogP contribution in [0.5, 0.6) is 0 Å². The normalized spacial score (nSPS) is 18.4. The fraction of sp³-hybridized carbons (Fsp3) is 0.579. The SMILES string of the molecule is CN(C[C@H]1CCCCN1C(=O)OC(C)(C)C)c1nsc2ccccc12. The van der Waals surface area contributed by atoms with E-state index in [2.05, 4.69) is 28.5 Å². The van der Waals surface area contributed by atoms with E-state index in [4.69, 9.17) is 4.74 Å². The monoisotopic (exact) mass is 361 g/mol. The van der Waals surface area contributed by atoms with Crippen molar-refractivity contribution < 1.29 is 9.53 Å². The number of hydrogen-bond donors (Lipinski definition) is 0. The summed E-state index contributed by atoms with van der Waals surface area (Å²) in [5.74, 6) is 0.996. The lowest BCUT2D eigenvalue weighted by Gasteiger charge is -2.38. The van der Waals surface area contributed by atoms with Gasteiger partial charge in [0.15, 0.2) is 0 Å². The van der Waals surface area contributed by atoms with Gasteiger partial charge >= 0.3 is 6.09 Å². The first-order chi connectivity index (χ1) is 11.8. The summed E-state index contributed by atoms with van der Waals surface area (Å²) in [7, 11) is 2.06. The van der Waals surface area contributed by atoms with Gasteiger partial charge in [0.05, 0.1) is 10.7 Å². The minimum atomic E-state index is -0.462. The summed E-state index contributed by atoms with van der Waals surface area (Å²) >= 11 is 1.52. The van der Waals surface area contributed by atoms with E-state index in [-0.39, 0.29) is 12.1 Å². The number of benzene rings is 1. The van der Waals surface area contributed by atoms with Gasteiger partial charge in [-0.05, 0) is 63.7 Å². The fourth-order valence-corrected chi connectivity index (χ4v) is 4.12. The molecular formula is C19H27N3O2S. The van der Waals surface area contributed by atoms with Crippen molar-refractivity contribution in [3.8, 4) is 0 Å². The van der Waals surface area contributed by atoms with Crippen LogP contribution in [0.4, 0.5) is 10.6 Å². The summed E-state index contributed by atoms with van der Waals surface area (Å²) in [6.07, 6.45) is 2.99. The Morgan fingerprint density at radius 3 is 2.88 bits per heavy atom. The zero-order valence-corrected chi connectivity index (χ0v) is 16.3. The van der Waals surface area contributed by atoms with Gasteiger partial charge in [-0.3, -0.25) is 0 Å². The number of hydrogen-bond acceptors (Lipinski definition) is 5. The molecule has 1 atom stereocenters. The molecular weight excluding hydrogens is 334 g/mol. The van der Waals surface area contributed by atoms with Crippen molar-refractivity contribution in [2.45, 2.75) is 51.7 Å². The summed E-state index contributed by atoms with van der Waals surface area (Å²) in [4.78, 5) is 16.7. The summed E-state index contributed by atoms with van der Waals surface area (Å²) in [6, 6.07) is 8.45. The molecule has 2 heterocycles. The van der Waals surface area contributed by atoms with Crippen LogP contribution in [-0.2, 0) is 4.74 Å². The Morgan fingerprint density at radius 1 is 1.36 bits per heavy atom. The molecule has 0 saturated carbocycles. The average molecular weight is 362 g/mol. The number of nitrogens with zero attached hydrogens (tertiary/aromatic N) is 3. The highest BCUT2D eigenvalue weighted by molar-refractivity contribution is 7.13. The summed E-state index contributed by atoms with van der Waals surface area (Å²) in [5, 5.41) is 1.18. The van der Waals surface area contributed by atoms with Crippen molar-refractivity contribution >= 4 is 33.5 Å². The fourth-order valence-electron chi connectivity index (χ4n) is 3.30. The quantitative estimate of drug-likeness (QED) is 0.806. The van der Waals surface area contributed by atoms with Crippen molar-refractivity contribution in [1.82, 2.24) is 9.27 Å². The van der Waals surface area contributed by atoms with Crippen LogP contribution < -0.4 is 4.90 Å². The first-order valence-electron chi connectivity index (χ1n) is 8.90. The van der Waals surface area contributed by atoms with Gasteiger partial charge in [0.25, 0.3) is 0 Å². The molecule has 2 aromatic rings. The number of piperidine rings is 1. The molecule has 1 aromatic heterocycles. The third-order valence-electron chi connectivity index (χ3n) is 4.46. The molecule has 0 aliphatic carbocycles. The lowest BCUT2D eigenvalue weighted by atomic mass is 10.0. The summed E-state index contributed by atoms with van der Waals surface area (Å²) in [5.41, 5.74) is -0.462. The van der Waals surface area contributed by atoms with E-state index in [1.54, 1.807) is 0 Å². The Bertz CT molecular complexity index is 738. The van der Waals surface area contributed by atoms with Crippen LogP contribution in [0.15, 0.2) is 24.3 Å². The molecule has 1 saturated heterocycles. The number of carbonyl (C=O) groups excluding carboxylic acids is 1. The van der Waals surface area contributed by atoms with Crippen molar-refractivity contribution in [1.29, 1.82) is 0 Å². The van der Waals surface area contributed by atoms with Crippen LogP contribution in [0.3, 0.4) is 0 Å². The number of ether oxygens (including phenoxy) is 1. The maximum atomic E-state index is 12.6. The van der Waals surface area contributed by atoms with Crippen molar-refractivity contribution in [2.24, 2.45) is 0 Å². The highest BCUT2D eigenvalue weighted by atomic mass is 32.1. The van der Waals surface area contributed by atoms with Gasteiger partial charge < -0.3 is 14.5 Å². The number of anilines is 1. The third kappa shape index (κ3) is 4.24. The Kier molecular flexibility index (Phi) is 5.18. The zero-order chi connectivity index (χ0) is 18.0. The largest absolute Gasteiger partial charge is 0.444 e. The van der Waals surface area contributed by atoms with E-state index in [0.29, 0.717) is 0 Å². The minimum absolute atomic E-state index is 0.161.